The van der Waals surface area contributed by atoms with E-state index < -0.39 is 22.1 Å². The van der Waals surface area contributed by atoms with Gasteiger partial charge in [0.15, 0.2) is 0 Å². The van der Waals surface area contributed by atoms with Crippen molar-refractivity contribution in [2.24, 2.45) is 0 Å². The van der Waals surface area contributed by atoms with E-state index in [4.69, 9.17) is 11.6 Å². The highest BCUT2D eigenvalue weighted by atomic mass is 35.5. The van der Waals surface area contributed by atoms with Crippen LogP contribution in [0.1, 0.15) is 16.3 Å². The Morgan fingerprint density at radius 2 is 2.04 bits per heavy atom. The molecule has 0 bridgehead atoms. The monoisotopic (exact) mass is 449 g/mol. The van der Waals surface area contributed by atoms with Gasteiger partial charge < -0.3 is 4.52 Å². The SMILES string of the molecule is O=S(=O)(c1cccc(Cl)c1)N1CCc2sc(-c3noc(C(F)(F)F)n3)cc2C1. The fraction of sp³-hybridized carbons (Fsp3) is 0.250. The molecule has 6 nitrogen and oxygen atoms in total. The Hall–Kier alpha value is -1.95. The first-order valence-corrected chi connectivity index (χ1v) is 10.6. The molecule has 0 saturated heterocycles. The molecule has 3 heterocycles. The third-order valence-electron chi connectivity index (χ3n) is 4.15. The van der Waals surface area contributed by atoms with Crippen LogP contribution >= 0.6 is 22.9 Å². The molecule has 0 N–H and O–H groups in total. The summed E-state index contributed by atoms with van der Waals surface area (Å²) >= 11 is 7.12. The van der Waals surface area contributed by atoms with Crippen LogP contribution in [0.5, 0.6) is 0 Å². The number of fused-ring (bicyclic) bond motifs is 1. The van der Waals surface area contributed by atoms with Crippen molar-refractivity contribution in [3.8, 4) is 10.7 Å². The summed E-state index contributed by atoms with van der Waals surface area (Å²) in [4.78, 5) is 4.75. The number of sulfonamides is 1. The highest BCUT2D eigenvalue weighted by molar-refractivity contribution is 7.89. The molecule has 3 aromatic rings. The van der Waals surface area contributed by atoms with E-state index in [0.29, 0.717) is 21.9 Å². The predicted molar refractivity (Wildman–Crippen MR) is 95.4 cm³/mol. The first-order valence-electron chi connectivity index (χ1n) is 7.93. The molecule has 0 unspecified atom stereocenters. The van der Waals surface area contributed by atoms with Gasteiger partial charge in [0.05, 0.1) is 9.77 Å². The molecule has 4 rings (SSSR count). The van der Waals surface area contributed by atoms with Crippen LogP contribution in [0.25, 0.3) is 10.7 Å². The number of halogens is 4. The van der Waals surface area contributed by atoms with Crippen LogP contribution in [-0.4, -0.2) is 29.4 Å². The molecule has 2 aromatic heterocycles. The van der Waals surface area contributed by atoms with Gasteiger partial charge in [-0.25, -0.2) is 8.42 Å². The fourth-order valence-corrected chi connectivity index (χ4v) is 5.65. The van der Waals surface area contributed by atoms with Gasteiger partial charge in [-0.2, -0.15) is 22.5 Å². The average Bonchev–Trinajstić information content (AvgIpc) is 3.27. The van der Waals surface area contributed by atoms with E-state index in [2.05, 4.69) is 14.7 Å². The number of nitrogens with zero attached hydrogens (tertiary/aromatic N) is 3. The summed E-state index contributed by atoms with van der Waals surface area (Å²) in [5, 5.41) is 3.69. The standard InChI is InChI=1S/C16H11ClF3N3O3S2/c17-10-2-1-3-11(7-10)28(24,25)23-5-4-12-9(8-23)6-13(27-12)14-21-15(26-22-14)16(18,19)20/h1-3,6-7H,4-5,8H2. The summed E-state index contributed by atoms with van der Waals surface area (Å²) in [6.45, 7) is 0.354. The van der Waals surface area contributed by atoms with Crippen molar-refractivity contribution in [2.75, 3.05) is 6.54 Å². The Morgan fingerprint density at radius 1 is 1.25 bits per heavy atom. The molecule has 0 saturated carbocycles. The zero-order valence-electron chi connectivity index (χ0n) is 13.9. The Balaban J connectivity index is 1.61. The fourth-order valence-electron chi connectivity index (χ4n) is 2.84. The van der Waals surface area contributed by atoms with Crippen LogP contribution in [0.15, 0.2) is 39.8 Å². The van der Waals surface area contributed by atoms with Crippen molar-refractivity contribution in [3.63, 3.8) is 0 Å². The third kappa shape index (κ3) is 3.54. The molecule has 0 spiro atoms. The van der Waals surface area contributed by atoms with E-state index in [1.165, 1.54) is 27.8 Å². The van der Waals surface area contributed by atoms with Gasteiger partial charge in [0.1, 0.15) is 0 Å². The summed E-state index contributed by atoms with van der Waals surface area (Å²) < 4.78 is 69.2. The topological polar surface area (TPSA) is 76.3 Å². The Labute approximate surface area is 166 Å². The van der Waals surface area contributed by atoms with Crippen molar-refractivity contribution in [2.45, 2.75) is 24.0 Å². The van der Waals surface area contributed by atoms with Gasteiger partial charge in [0.25, 0.3) is 0 Å². The highest BCUT2D eigenvalue weighted by Crippen LogP contribution is 2.36. The van der Waals surface area contributed by atoms with E-state index in [-0.39, 0.29) is 23.8 Å². The Bertz CT molecular complexity index is 1140. The van der Waals surface area contributed by atoms with Gasteiger partial charge in [-0.3, -0.25) is 0 Å². The summed E-state index contributed by atoms with van der Waals surface area (Å²) in [7, 11) is -3.74. The van der Waals surface area contributed by atoms with Crippen molar-refractivity contribution in [1.29, 1.82) is 0 Å². The summed E-state index contributed by atoms with van der Waals surface area (Å²) in [5.41, 5.74) is 0.704. The molecular weight excluding hydrogens is 439 g/mol. The largest absolute Gasteiger partial charge is 0.471 e. The van der Waals surface area contributed by atoms with Crippen molar-refractivity contribution in [3.05, 3.63) is 51.7 Å². The van der Waals surface area contributed by atoms with Gasteiger partial charge in [-0.1, -0.05) is 22.8 Å². The van der Waals surface area contributed by atoms with Gasteiger partial charge >= 0.3 is 12.1 Å². The van der Waals surface area contributed by atoms with E-state index in [1.807, 2.05) is 0 Å². The lowest BCUT2D eigenvalue weighted by Gasteiger charge is -2.26. The second-order valence-electron chi connectivity index (χ2n) is 6.03. The second kappa shape index (κ2) is 6.83. The van der Waals surface area contributed by atoms with Gasteiger partial charge in [0, 0.05) is 23.0 Å². The lowest BCUT2D eigenvalue weighted by Crippen LogP contribution is -2.35. The number of thiophene rings is 1. The van der Waals surface area contributed by atoms with Gasteiger partial charge in [-0.05, 0) is 36.2 Å². The van der Waals surface area contributed by atoms with E-state index in [9.17, 15) is 21.6 Å². The number of aromatic nitrogens is 2. The lowest BCUT2D eigenvalue weighted by atomic mass is 10.1. The van der Waals surface area contributed by atoms with Crippen LogP contribution in [0, 0.1) is 0 Å². The summed E-state index contributed by atoms with van der Waals surface area (Å²) in [5.74, 6) is -1.59. The van der Waals surface area contributed by atoms with Crippen molar-refractivity contribution < 1.29 is 26.1 Å². The number of rotatable bonds is 3. The highest BCUT2D eigenvalue weighted by Gasteiger charge is 2.39. The Morgan fingerprint density at radius 3 is 2.71 bits per heavy atom. The zero-order valence-corrected chi connectivity index (χ0v) is 16.3. The first kappa shape index (κ1) is 19.4. The van der Waals surface area contributed by atoms with Crippen LogP contribution in [-0.2, 0) is 29.2 Å². The Kier molecular flexibility index (Phi) is 4.73. The van der Waals surface area contributed by atoms with Crippen LogP contribution in [0.2, 0.25) is 5.02 Å². The molecule has 1 aromatic carbocycles. The average molecular weight is 450 g/mol. The molecule has 0 aliphatic carbocycles. The van der Waals surface area contributed by atoms with E-state index in [0.717, 1.165) is 4.88 Å². The van der Waals surface area contributed by atoms with Crippen molar-refractivity contribution in [1.82, 2.24) is 14.4 Å². The molecule has 0 amide bonds. The number of hydrogen-bond donors (Lipinski definition) is 0. The normalized spacial score (nSPS) is 15.6. The minimum atomic E-state index is -4.72. The molecule has 1 aliphatic rings. The number of benzene rings is 1. The minimum Gasteiger partial charge on any atom is -0.329 e. The molecule has 148 valence electrons. The van der Waals surface area contributed by atoms with Gasteiger partial charge in [-0.15, -0.1) is 11.3 Å². The molecule has 28 heavy (non-hydrogen) atoms. The lowest BCUT2D eigenvalue weighted by molar-refractivity contribution is -0.159. The van der Waals surface area contributed by atoms with Crippen LogP contribution < -0.4 is 0 Å². The third-order valence-corrected chi connectivity index (χ3v) is 7.46. The first-order chi connectivity index (χ1) is 13.1. The minimum absolute atomic E-state index is 0.0897. The summed E-state index contributed by atoms with van der Waals surface area (Å²) in [6, 6.07) is 7.59. The maximum atomic E-state index is 12.8. The molecule has 0 atom stereocenters. The molecule has 1 aliphatic heterocycles. The molecular formula is C16H11ClF3N3O3S2. The molecule has 0 radical (unpaired) electrons. The number of alkyl halides is 3. The van der Waals surface area contributed by atoms with Crippen molar-refractivity contribution >= 4 is 33.0 Å². The molecule has 12 heteroatoms. The van der Waals surface area contributed by atoms with E-state index >= 15 is 0 Å². The summed E-state index contributed by atoms with van der Waals surface area (Å²) in [6.07, 6.45) is -4.28. The van der Waals surface area contributed by atoms with Gasteiger partial charge in [0.2, 0.25) is 15.8 Å². The quantitative estimate of drug-likeness (QED) is 0.598. The molecule has 0 fully saturated rings. The van der Waals surface area contributed by atoms with E-state index in [1.54, 1.807) is 18.2 Å². The zero-order chi connectivity index (χ0) is 20.1. The van der Waals surface area contributed by atoms with Crippen LogP contribution in [0.3, 0.4) is 0 Å². The second-order valence-corrected chi connectivity index (χ2v) is 9.54. The number of hydrogen-bond acceptors (Lipinski definition) is 6. The maximum Gasteiger partial charge on any atom is 0.471 e. The van der Waals surface area contributed by atoms with Crippen LogP contribution in [0.4, 0.5) is 13.2 Å². The predicted octanol–water partition coefficient (Wildman–Crippen LogP) is 4.22. The smallest absolute Gasteiger partial charge is 0.329 e. The maximum absolute atomic E-state index is 12.8.